The Morgan fingerprint density at radius 2 is 1.74 bits per heavy atom. The molecule has 0 atom stereocenters. The Hall–Kier alpha value is -2.58. The fraction of sp³-hybridized carbons (Fsp3) is 0.364. The molecule has 0 saturated carbocycles. The molecule has 3 rings (SSSR count). The van der Waals surface area contributed by atoms with E-state index in [9.17, 15) is 18.0 Å². The lowest BCUT2D eigenvalue weighted by molar-refractivity contribution is -0.130. The van der Waals surface area contributed by atoms with Crippen molar-refractivity contribution in [1.29, 1.82) is 0 Å². The van der Waals surface area contributed by atoms with Crippen molar-refractivity contribution in [2.24, 2.45) is 0 Å². The second-order valence-corrected chi connectivity index (χ2v) is 9.86. The molecule has 0 bridgehead atoms. The van der Waals surface area contributed by atoms with Crippen LogP contribution in [-0.4, -0.2) is 63.6 Å². The molecule has 31 heavy (non-hydrogen) atoms. The van der Waals surface area contributed by atoms with E-state index in [1.54, 1.807) is 24.0 Å². The van der Waals surface area contributed by atoms with Crippen LogP contribution in [0.15, 0.2) is 53.4 Å². The van der Waals surface area contributed by atoms with E-state index in [0.29, 0.717) is 37.6 Å². The summed E-state index contributed by atoms with van der Waals surface area (Å²) in [6.45, 7) is 3.98. The molecule has 1 aliphatic rings. The number of piperazine rings is 1. The van der Waals surface area contributed by atoms with Gasteiger partial charge in [-0.2, -0.15) is 0 Å². The Morgan fingerprint density at radius 1 is 1.03 bits per heavy atom. The molecule has 1 fully saturated rings. The summed E-state index contributed by atoms with van der Waals surface area (Å²) in [7, 11) is -3.55. The van der Waals surface area contributed by atoms with Crippen LogP contribution in [0.5, 0.6) is 0 Å². The van der Waals surface area contributed by atoms with Crippen molar-refractivity contribution in [2.45, 2.75) is 18.2 Å². The van der Waals surface area contributed by atoms with E-state index in [2.05, 4.69) is 10.2 Å². The van der Waals surface area contributed by atoms with Crippen molar-refractivity contribution >= 4 is 38.9 Å². The second-order valence-electron chi connectivity index (χ2n) is 7.35. The summed E-state index contributed by atoms with van der Waals surface area (Å²) in [5, 5.41) is 3.24. The molecule has 0 radical (unpaired) electrons. The zero-order valence-electron chi connectivity index (χ0n) is 17.4. The molecule has 2 aromatic rings. The van der Waals surface area contributed by atoms with Gasteiger partial charge < -0.3 is 15.1 Å². The van der Waals surface area contributed by atoms with Gasteiger partial charge in [0.2, 0.25) is 5.91 Å². The average molecular weight is 464 g/mol. The van der Waals surface area contributed by atoms with Gasteiger partial charge in [0, 0.05) is 36.9 Å². The number of amides is 2. The van der Waals surface area contributed by atoms with Crippen LogP contribution >= 0.6 is 11.6 Å². The maximum atomic E-state index is 12.6. The van der Waals surface area contributed by atoms with Gasteiger partial charge in [-0.15, -0.1) is 0 Å². The van der Waals surface area contributed by atoms with Gasteiger partial charge in [-0.25, -0.2) is 8.42 Å². The fourth-order valence-corrected chi connectivity index (χ4v) is 5.28. The summed E-state index contributed by atoms with van der Waals surface area (Å²) in [5.41, 5.74) is 1.08. The van der Waals surface area contributed by atoms with Gasteiger partial charge in [-0.3, -0.25) is 9.59 Å². The van der Waals surface area contributed by atoms with Crippen LogP contribution in [-0.2, 0) is 14.6 Å². The first-order chi connectivity index (χ1) is 14.8. The smallest absolute Gasteiger partial charge is 0.253 e. The molecule has 0 aromatic heterocycles. The van der Waals surface area contributed by atoms with Gasteiger partial charge in [0.05, 0.1) is 22.8 Å². The SMILES string of the molecule is CCCS(=O)(=O)c1ccccc1C(=O)NCC(=O)N1CCN(c2cccc(Cl)c2)CC1. The Morgan fingerprint density at radius 3 is 2.42 bits per heavy atom. The lowest BCUT2D eigenvalue weighted by atomic mass is 10.2. The Kier molecular flexibility index (Phi) is 7.56. The van der Waals surface area contributed by atoms with E-state index in [1.165, 1.54) is 12.1 Å². The van der Waals surface area contributed by atoms with E-state index in [4.69, 9.17) is 11.6 Å². The molecule has 2 aromatic carbocycles. The van der Waals surface area contributed by atoms with Crippen molar-refractivity contribution in [3.63, 3.8) is 0 Å². The van der Waals surface area contributed by atoms with E-state index in [-0.39, 0.29) is 28.7 Å². The molecular formula is C22H26ClN3O4S. The van der Waals surface area contributed by atoms with Crippen LogP contribution < -0.4 is 10.2 Å². The Labute approximate surface area is 187 Å². The Bertz CT molecular complexity index is 1050. The molecule has 0 aliphatic carbocycles. The number of nitrogens with one attached hydrogen (secondary N) is 1. The summed E-state index contributed by atoms with van der Waals surface area (Å²) in [6, 6.07) is 13.7. The summed E-state index contributed by atoms with van der Waals surface area (Å²) in [4.78, 5) is 29.0. The monoisotopic (exact) mass is 463 g/mol. The van der Waals surface area contributed by atoms with Gasteiger partial charge in [-0.1, -0.05) is 36.7 Å². The highest BCUT2D eigenvalue weighted by molar-refractivity contribution is 7.91. The molecular weight excluding hydrogens is 438 g/mol. The zero-order valence-corrected chi connectivity index (χ0v) is 19.0. The summed E-state index contributed by atoms with van der Waals surface area (Å²) < 4.78 is 24.9. The fourth-order valence-electron chi connectivity index (χ4n) is 3.55. The largest absolute Gasteiger partial charge is 0.368 e. The van der Waals surface area contributed by atoms with Gasteiger partial charge in [0.15, 0.2) is 9.84 Å². The number of carbonyl (C=O) groups excluding carboxylic acids is 2. The zero-order chi connectivity index (χ0) is 22.4. The number of hydrogen-bond donors (Lipinski definition) is 1. The number of nitrogens with zero attached hydrogens (tertiary/aromatic N) is 2. The number of anilines is 1. The molecule has 0 spiro atoms. The minimum atomic E-state index is -3.55. The highest BCUT2D eigenvalue weighted by atomic mass is 35.5. The lowest BCUT2D eigenvalue weighted by Gasteiger charge is -2.36. The first-order valence-corrected chi connectivity index (χ1v) is 12.2. The molecule has 0 unspecified atom stereocenters. The maximum absolute atomic E-state index is 12.6. The maximum Gasteiger partial charge on any atom is 0.253 e. The van der Waals surface area contributed by atoms with Gasteiger partial charge in [0.25, 0.3) is 5.91 Å². The summed E-state index contributed by atoms with van der Waals surface area (Å²) in [6.07, 6.45) is 0.456. The molecule has 9 heteroatoms. The highest BCUT2D eigenvalue weighted by Crippen LogP contribution is 2.21. The topological polar surface area (TPSA) is 86.8 Å². The van der Waals surface area contributed by atoms with Gasteiger partial charge in [0.1, 0.15) is 0 Å². The minimum absolute atomic E-state index is 0.00284. The number of sulfone groups is 1. The summed E-state index contributed by atoms with van der Waals surface area (Å²) in [5.74, 6) is -0.804. The van der Waals surface area contributed by atoms with Gasteiger partial charge in [-0.05, 0) is 36.8 Å². The number of halogens is 1. The minimum Gasteiger partial charge on any atom is -0.368 e. The first-order valence-electron chi connectivity index (χ1n) is 10.2. The average Bonchev–Trinajstić information content (AvgIpc) is 2.77. The van der Waals surface area contributed by atoms with E-state index in [0.717, 1.165) is 5.69 Å². The van der Waals surface area contributed by atoms with Crippen molar-refractivity contribution in [2.75, 3.05) is 43.4 Å². The second kappa shape index (κ2) is 10.2. The number of carbonyl (C=O) groups is 2. The van der Waals surface area contributed by atoms with Crippen LogP contribution in [0.2, 0.25) is 5.02 Å². The molecule has 1 aliphatic heterocycles. The third-order valence-electron chi connectivity index (χ3n) is 5.15. The van der Waals surface area contributed by atoms with Crippen molar-refractivity contribution in [1.82, 2.24) is 10.2 Å². The molecule has 1 heterocycles. The molecule has 166 valence electrons. The van der Waals surface area contributed by atoms with Crippen molar-refractivity contribution in [3.8, 4) is 0 Å². The molecule has 1 N–H and O–H groups in total. The van der Waals surface area contributed by atoms with Crippen LogP contribution in [0, 0.1) is 0 Å². The number of hydrogen-bond acceptors (Lipinski definition) is 5. The number of benzene rings is 2. The number of rotatable bonds is 7. The van der Waals surface area contributed by atoms with Crippen LogP contribution in [0.4, 0.5) is 5.69 Å². The van der Waals surface area contributed by atoms with E-state index < -0.39 is 15.7 Å². The van der Waals surface area contributed by atoms with Crippen molar-refractivity contribution < 1.29 is 18.0 Å². The Balaban J connectivity index is 1.57. The van der Waals surface area contributed by atoms with Crippen molar-refractivity contribution in [3.05, 3.63) is 59.1 Å². The van der Waals surface area contributed by atoms with Gasteiger partial charge >= 0.3 is 0 Å². The third-order valence-corrected chi connectivity index (χ3v) is 7.35. The molecule has 7 nitrogen and oxygen atoms in total. The predicted molar refractivity (Wildman–Crippen MR) is 121 cm³/mol. The molecule has 1 saturated heterocycles. The predicted octanol–water partition coefficient (Wildman–Crippen LogP) is 2.60. The van der Waals surface area contributed by atoms with Crippen LogP contribution in [0.3, 0.4) is 0 Å². The normalized spacial score (nSPS) is 14.4. The lowest BCUT2D eigenvalue weighted by Crippen LogP contribution is -2.51. The molecule has 2 amide bonds. The highest BCUT2D eigenvalue weighted by Gasteiger charge is 2.24. The first kappa shape index (κ1) is 23.1. The van der Waals surface area contributed by atoms with Crippen LogP contribution in [0.1, 0.15) is 23.7 Å². The standard InChI is InChI=1S/C22H26ClN3O4S/c1-2-14-31(29,30)20-9-4-3-8-19(20)22(28)24-16-21(27)26-12-10-25(11-13-26)18-7-5-6-17(23)15-18/h3-9,15H,2,10-14,16H2,1H3,(H,24,28). The van der Waals surface area contributed by atoms with E-state index >= 15 is 0 Å². The third kappa shape index (κ3) is 5.77. The van der Waals surface area contributed by atoms with Crippen LogP contribution in [0.25, 0.3) is 0 Å². The van der Waals surface area contributed by atoms with E-state index in [1.807, 2.05) is 24.3 Å². The summed E-state index contributed by atoms with van der Waals surface area (Å²) >= 11 is 6.05. The quantitative estimate of drug-likeness (QED) is 0.682.